The fourth-order valence-corrected chi connectivity index (χ4v) is 2.91. The van der Waals surface area contributed by atoms with Gasteiger partial charge in [0.25, 0.3) is 0 Å². The zero-order chi connectivity index (χ0) is 13.7. The molecule has 0 radical (unpaired) electrons. The van der Waals surface area contributed by atoms with Gasteiger partial charge in [0.05, 0.1) is 0 Å². The maximum absolute atomic E-state index is 3.26. The summed E-state index contributed by atoms with van der Waals surface area (Å²) in [7, 11) is 6.41. The molecule has 1 aliphatic rings. The molecule has 0 aliphatic carbocycles. The van der Waals surface area contributed by atoms with Crippen LogP contribution in [0.1, 0.15) is 24.0 Å². The van der Waals surface area contributed by atoms with Crippen LogP contribution in [-0.2, 0) is 13.1 Å². The maximum Gasteiger partial charge on any atom is 0.0236 e. The Morgan fingerprint density at radius 3 is 2.37 bits per heavy atom. The van der Waals surface area contributed by atoms with Crippen LogP contribution in [0.2, 0.25) is 0 Å². The maximum atomic E-state index is 3.26. The molecule has 1 aromatic carbocycles. The summed E-state index contributed by atoms with van der Waals surface area (Å²) in [6.45, 7) is 4.50. The minimum absolute atomic E-state index is 0.767. The summed E-state index contributed by atoms with van der Waals surface area (Å²) in [6.07, 6.45) is 2.59. The monoisotopic (exact) mass is 261 g/mol. The highest BCUT2D eigenvalue weighted by molar-refractivity contribution is 5.27. The van der Waals surface area contributed by atoms with Crippen LogP contribution in [-0.4, -0.2) is 50.1 Å². The largest absolute Gasteiger partial charge is 0.316 e. The van der Waals surface area contributed by atoms with Gasteiger partial charge in [0.15, 0.2) is 0 Å². The van der Waals surface area contributed by atoms with Crippen molar-refractivity contribution < 1.29 is 0 Å². The standard InChI is InChI=1S/C16H27N3/c1-17-12-14-6-4-5-7-15(14)13-19-10-8-16(9-11-19)18(2)3/h4-7,16-17H,8-13H2,1-3H3. The lowest BCUT2D eigenvalue weighted by atomic mass is 10.0. The van der Waals surface area contributed by atoms with Gasteiger partial charge in [0, 0.05) is 19.1 Å². The molecule has 0 bridgehead atoms. The first-order chi connectivity index (χ1) is 9.20. The highest BCUT2D eigenvalue weighted by Gasteiger charge is 2.20. The average Bonchev–Trinajstić information content (AvgIpc) is 2.42. The SMILES string of the molecule is CNCc1ccccc1CN1CCC(N(C)C)CC1. The van der Waals surface area contributed by atoms with Gasteiger partial charge in [-0.3, -0.25) is 4.90 Å². The Kier molecular flexibility index (Phi) is 5.37. The molecule has 0 saturated carbocycles. The van der Waals surface area contributed by atoms with Gasteiger partial charge in [-0.15, -0.1) is 0 Å². The van der Waals surface area contributed by atoms with E-state index < -0.39 is 0 Å². The summed E-state index contributed by atoms with van der Waals surface area (Å²) < 4.78 is 0. The van der Waals surface area contributed by atoms with Gasteiger partial charge in [0.1, 0.15) is 0 Å². The molecule has 0 atom stereocenters. The van der Waals surface area contributed by atoms with Gasteiger partial charge in [-0.2, -0.15) is 0 Å². The molecule has 0 amide bonds. The zero-order valence-electron chi connectivity index (χ0n) is 12.5. The molecule has 1 N–H and O–H groups in total. The molecular formula is C16H27N3. The van der Waals surface area contributed by atoms with Crippen molar-refractivity contribution in [2.24, 2.45) is 0 Å². The van der Waals surface area contributed by atoms with Gasteiger partial charge in [-0.25, -0.2) is 0 Å². The average molecular weight is 261 g/mol. The second-order valence-electron chi connectivity index (χ2n) is 5.77. The van der Waals surface area contributed by atoms with Crippen LogP contribution in [0.4, 0.5) is 0 Å². The van der Waals surface area contributed by atoms with Crippen molar-refractivity contribution >= 4 is 0 Å². The van der Waals surface area contributed by atoms with E-state index in [2.05, 4.69) is 53.5 Å². The fraction of sp³-hybridized carbons (Fsp3) is 0.625. The van der Waals surface area contributed by atoms with Crippen molar-refractivity contribution in [2.75, 3.05) is 34.2 Å². The van der Waals surface area contributed by atoms with E-state index in [1.54, 1.807) is 0 Å². The lowest BCUT2D eigenvalue weighted by Gasteiger charge is -2.35. The van der Waals surface area contributed by atoms with Crippen molar-refractivity contribution in [3.63, 3.8) is 0 Å². The third-order valence-electron chi connectivity index (χ3n) is 4.17. The fourth-order valence-electron chi connectivity index (χ4n) is 2.91. The summed E-state index contributed by atoms with van der Waals surface area (Å²) in [6, 6.07) is 9.56. The number of piperidine rings is 1. The Balaban J connectivity index is 1.92. The Morgan fingerprint density at radius 2 is 1.79 bits per heavy atom. The van der Waals surface area contributed by atoms with Crippen molar-refractivity contribution in [1.82, 2.24) is 15.1 Å². The molecule has 2 rings (SSSR count). The Labute approximate surface area is 117 Å². The minimum Gasteiger partial charge on any atom is -0.316 e. The van der Waals surface area contributed by atoms with Crippen LogP contribution in [0.3, 0.4) is 0 Å². The topological polar surface area (TPSA) is 18.5 Å². The molecular weight excluding hydrogens is 234 g/mol. The van der Waals surface area contributed by atoms with Gasteiger partial charge in [0.2, 0.25) is 0 Å². The van der Waals surface area contributed by atoms with E-state index in [0.717, 1.165) is 19.1 Å². The number of nitrogens with zero attached hydrogens (tertiary/aromatic N) is 2. The van der Waals surface area contributed by atoms with Crippen molar-refractivity contribution in [3.8, 4) is 0 Å². The van der Waals surface area contributed by atoms with E-state index in [9.17, 15) is 0 Å². The second kappa shape index (κ2) is 7.04. The molecule has 1 fully saturated rings. The summed E-state index contributed by atoms with van der Waals surface area (Å²) in [5, 5.41) is 3.26. The lowest BCUT2D eigenvalue weighted by molar-refractivity contribution is 0.139. The predicted octanol–water partition coefficient (Wildman–Crippen LogP) is 1.93. The molecule has 1 heterocycles. The van der Waals surface area contributed by atoms with Crippen LogP contribution in [0.5, 0.6) is 0 Å². The zero-order valence-corrected chi connectivity index (χ0v) is 12.5. The first-order valence-corrected chi connectivity index (χ1v) is 7.31. The molecule has 1 aromatic rings. The van der Waals surface area contributed by atoms with Gasteiger partial charge in [-0.1, -0.05) is 24.3 Å². The summed E-state index contributed by atoms with van der Waals surface area (Å²) in [4.78, 5) is 4.96. The smallest absolute Gasteiger partial charge is 0.0236 e. The van der Waals surface area contributed by atoms with E-state index in [-0.39, 0.29) is 0 Å². The number of nitrogens with one attached hydrogen (secondary N) is 1. The minimum atomic E-state index is 0.767. The Bertz CT molecular complexity index is 381. The second-order valence-corrected chi connectivity index (χ2v) is 5.77. The Morgan fingerprint density at radius 1 is 1.16 bits per heavy atom. The van der Waals surface area contributed by atoms with E-state index in [1.807, 2.05) is 7.05 Å². The van der Waals surface area contributed by atoms with E-state index in [0.29, 0.717) is 0 Å². The van der Waals surface area contributed by atoms with Crippen LogP contribution in [0.15, 0.2) is 24.3 Å². The van der Waals surface area contributed by atoms with Crippen molar-refractivity contribution in [3.05, 3.63) is 35.4 Å². The molecule has 1 saturated heterocycles. The van der Waals surface area contributed by atoms with Gasteiger partial charge in [-0.05, 0) is 58.2 Å². The third kappa shape index (κ3) is 4.03. The van der Waals surface area contributed by atoms with Crippen molar-refractivity contribution in [2.45, 2.75) is 32.0 Å². The quantitative estimate of drug-likeness (QED) is 0.874. The highest BCUT2D eigenvalue weighted by Crippen LogP contribution is 2.18. The Hall–Kier alpha value is -0.900. The summed E-state index contributed by atoms with van der Waals surface area (Å²) in [5.74, 6) is 0. The first-order valence-electron chi connectivity index (χ1n) is 7.31. The lowest BCUT2D eigenvalue weighted by Crippen LogP contribution is -2.41. The molecule has 1 aliphatic heterocycles. The number of benzene rings is 1. The van der Waals surface area contributed by atoms with Crippen LogP contribution in [0, 0.1) is 0 Å². The molecule has 3 heteroatoms. The van der Waals surface area contributed by atoms with E-state index in [1.165, 1.54) is 37.1 Å². The van der Waals surface area contributed by atoms with E-state index in [4.69, 9.17) is 0 Å². The summed E-state index contributed by atoms with van der Waals surface area (Å²) >= 11 is 0. The summed E-state index contributed by atoms with van der Waals surface area (Å²) in [5.41, 5.74) is 2.90. The van der Waals surface area contributed by atoms with Gasteiger partial charge < -0.3 is 10.2 Å². The van der Waals surface area contributed by atoms with Crippen LogP contribution >= 0.6 is 0 Å². The number of rotatable bonds is 5. The molecule has 0 aromatic heterocycles. The highest BCUT2D eigenvalue weighted by atomic mass is 15.2. The molecule has 19 heavy (non-hydrogen) atoms. The molecule has 0 unspecified atom stereocenters. The normalized spacial score (nSPS) is 18.1. The first kappa shape index (κ1) is 14.5. The molecule has 0 spiro atoms. The predicted molar refractivity (Wildman–Crippen MR) is 81.2 cm³/mol. The van der Waals surface area contributed by atoms with Gasteiger partial charge >= 0.3 is 0 Å². The third-order valence-corrected chi connectivity index (χ3v) is 4.17. The number of hydrogen-bond donors (Lipinski definition) is 1. The molecule has 3 nitrogen and oxygen atoms in total. The molecule has 106 valence electrons. The van der Waals surface area contributed by atoms with Crippen molar-refractivity contribution in [1.29, 1.82) is 0 Å². The number of hydrogen-bond acceptors (Lipinski definition) is 3. The van der Waals surface area contributed by atoms with E-state index >= 15 is 0 Å². The van der Waals surface area contributed by atoms with Crippen LogP contribution in [0.25, 0.3) is 0 Å². The number of likely N-dealkylation sites (tertiary alicyclic amines) is 1. The van der Waals surface area contributed by atoms with Crippen LogP contribution < -0.4 is 5.32 Å².